The Balaban J connectivity index is 2.01. The summed E-state index contributed by atoms with van der Waals surface area (Å²) >= 11 is 0. The van der Waals surface area contributed by atoms with Crippen molar-refractivity contribution in [2.75, 3.05) is 6.61 Å². The average molecular weight is 254 g/mol. The smallest absolute Gasteiger partial charge is 0.278 e. The molecule has 0 amide bonds. The maximum atomic E-state index is 13.5. The number of halogens is 1. The van der Waals surface area contributed by atoms with E-state index in [9.17, 15) is 9.18 Å². The SMILES string of the molecule is O=c1[nH]cnc2c1ncn2[C@H]1C[C@@H](F)[C@H](CO)O1. The molecule has 0 saturated carbocycles. The number of rotatable bonds is 2. The van der Waals surface area contributed by atoms with Gasteiger partial charge in [-0.25, -0.2) is 14.4 Å². The minimum atomic E-state index is -1.24. The number of H-pyrrole nitrogens is 1. The number of aliphatic hydroxyl groups is 1. The van der Waals surface area contributed by atoms with Gasteiger partial charge in [-0.3, -0.25) is 9.36 Å². The van der Waals surface area contributed by atoms with Crippen molar-refractivity contribution in [1.82, 2.24) is 19.5 Å². The lowest BCUT2D eigenvalue weighted by Crippen LogP contribution is -2.21. The van der Waals surface area contributed by atoms with Crippen LogP contribution in [0.15, 0.2) is 17.4 Å². The Labute approximate surface area is 100 Å². The summed E-state index contributed by atoms with van der Waals surface area (Å²) in [5.41, 5.74) is 0.172. The molecule has 2 N–H and O–H groups in total. The summed E-state index contributed by atoms with van der Waals surface area (Å²) in [5, 5.41) is 8.95. The van der Waals surface area contributed by atoms with E-state index in [-0.39, 0.29) is 24.1 Å². The van der Waals surface area contributed by atoms with Crippen molar-refractivity contribution in [3.8, 4) is 0 Å². The van der Waals surface area contributed by atoms with Gasteiger partial charge in [0.05, 0.1) is 19.3 Å². The van der Waals surface area contributed by atoms with Crippen LogP contribution in [0.3, 0.4) is 0 Å². The van der Waals surface area contributed by atoms with Crippen molar-refractivity contribution in [2.24, 2.45) is 0 Å². The van der Waals surface area contributed by atoms with Crippen molar-refractivity contribution in [3.05, 3.63) is 23.0 Å². The Bertz CT molecular complexity index is 625. The molecule has 0 unspecified atom stereocenters. The van der Waals surface area contributed by atoms with Gasteiger partial charge in [0.1, 0.15) is 18.5 Å². The third kappa shape index (κ3) is 1.61. The highest BCUT2D eigenvalue weighted by Crippen LogP contribution is 2.31. The topological polar surface area (TPSA) is 93.0 Å². The number of aromatic amines is 1. The first-order chi connectivity index (χ1) is 8.70. The first-order valence-corrected chi connectivity index (χ1v) is 5.51. The summed E-state index contributed by atoms with van der Waals surface area (Å²) in [6.45, 7) is -0.377. The lowest BCUT2D eigenvalue weighted by molar-refractivity contribution is -0.0323. The van der Waals surface area contributed by atoms with Crippen molar-refractivity contribution in [1.29, 1.82) is 0 Å². The Morgan fingerprint density at radius 3 is 3.17 bits per heavy atom. The van der Waals surface area contributed by atoms with E-state index in [0.29, 0.717) is 5.65 Å². The number of nitrogens with one attached hydrogen (secondary N) is 1. The molecular weight excluding hydrogens is 243 g/mol. The van der Waals surface area contributed by atoms with E-state index in [1.807, 2.05) is 0 Å². The summed E-state index contributed by atoms with van der Waals surface area (Å²) in [6, 6.07) is 0. The molecule has 18 heavy (non-hydrogen) atoms. The molecule has 3 atom stereocenters. The second-order valence-electron chi connectivity index (χ2n) is 4.12. The molecular formula is C10H11FN4O3. The van der Waals surface area contributed by atoms with Crippen LogP contribution in [0.5, 0.6) is 0 Å². The summed E-state index contributed by atoms with van der Waals surface area (Å²) in [6.07, 6.45) is 0.0778. The molecule has 0 radical (unpaired) electrons. The fourth-order valence-electron chi connectivity index (χ4n) is 2.10. The first-order valence-electron chi connectivity index (χ1n) is 5.51. The molecule has 2 aromatic rings. The van der Waals surface area contributed by atoms with Crippen molar-refractivity contribution >= 4 is 11.2 Å². The summed E-state index contributed by atoms with van der Waals surface area (Å²) < 4.78 is 20.4. The van der Waals surface area contributed by atoms with Gasteiger partial charge in [0.25, 0.3) is 5.56 Å². The number of nitrogens with zero attached hydrogens (tertiary/aromatic N) is 3. The number of imidazole rings is 1. The maximum absolute atomic E-state index is 13.5. The summed E-state index contributed by atoms with van der Waals surface area (Å²) in [5.74, 6) is 0. The summed E-state index contributed by atoms with van der Waals surface area (Å²) in [7, 11) is 0. The second kappa shape index (κ2) is 4.14. The fraction of sp³-hybridized carbons (Fsp3) is 0.500. The highest BCUT2D eigenvalue weighted by Gasteiger charge is 2.36. The molecule has 1 aliphatic heterocycles. The number of alkyl halides is 1. The van der Waals surface area contributed by atoms with Gasteiger partial charge in [-0.15, -0.1) is 0 Å². The molecule has 0 spiro atoms. The number of fused-ring (bicyclic) bond motifs is 1. The highest BCUT2D eigenvalue weighted by atomic mass is 19.1. The average Bonchev–Trinajstić information content (AvgIpc) is 2.93. The molecule has 3 rings (SSSR count). The Morgan fingerprint density at radius 1 is 1.61 bits per heavy atom. The molecule has 0 aliphatic carbocycles. The van der Waals surface area contributed by atoms with E-state index in [1.54, 1.807) is 0 Å². The van der Waals surface area contributed by atoms with Gasteiger partial charge in [0.15, 0.2) is 11.2 Å². The number of aromatic nitrogens is 4. The van der Waals surface area contributed by atoms with E-state index in [4.69, 9.17) is 9.84 Å². The van der Waals surface area contributed by atoms with Crippen LogP contribution in [0.2, 0.25) is 0 Å². The zero-order valence-electron chi connectivity index (χ0n) is 9.28. The van der Waals surface area contributed by atoms with E-state index < -0.39 is 18.5 Å². The lowest BCUT2D eigenvalue weighted by Gasteiger charge is -2.13. The quantitative estimate of drug-likeness (QED) is 0.770. The molecule has 0 bridgehead atoms. The molecule has 7 nitrogen and oxygen atoms in total. The minimum absolute atomic E-state index is 0.102. The van der Waals surface area contributed by atoms with E-state index in [2.05, 4.69) is 15.0 Å². The molecule has 1 saturated heterocycles. The molecule has 3 heterocycles. The molecule has 8 heteroatoms. The van der Waals surface area contributed by atoms with Gasteiger partial charge in [-0.1, -0.05) is 0 Å². The van der Waals surface area contributed by atoms with Gasteiger partial charge >= 0.3 is 0 Å². The highest BCUT2D eigenvalue weighted by molar-refractivity contribution is 5.68. The predicted molar refractivity (Wildman–Crippen MR) is 58.7 cm³/mol. The van der Waals surface area contributed by atoms with Gasteiger partial charge in [-0.2, -0.15) is 0 Å². The summed E-state index contributed by atoms with van der Waals surface area (Å²) in [4.78, 5) is 21.8. The Morgan fingerprint density at radius 2 is 2.44 bits per heavy atom. The largest absolute Gasteiger partial charge is 0.394 e. The molecule has 0 aromatic carbocycles. The van der Waals surface area contributed by atoms with Crippen molar-refractivity contribution < 1.29 is 14.2 Å². The number of aliphatic hydroxyl groups excluding tert-OH is 1. The maximum Gasteiger partial charge on any atom is 0.278 e. The van der Waals surface area contributed by atoms with Crippen LogP contribution in [-0.4, -0.2) is 43.5 Å². The monoisotopic (exact) mass is 254 g/mol. The zero-order valence-corrected chi connectivity index (χ0v) is 9.28. The fourth-order valence-corrected chi connectivity index (χ4v) is 2.10. The second-order valence-corrected chi connectivity index (χ2v) is 4.12. The van der Waals surface area contributed by atoms with Crippen molar-refractivity contribution in [3.63, 3.8) is 0 Å². The van der Waals surface area contributed by atoms with Crippen LogP contribution in [0.4, 0.5) is 4.39 Å². The van der Waals surface area contributed by atoms with Crippen LogP contribution >= 0.6 is 0 Å². The molecule has 96 valence electrons. The van der Waals surface area contributed by atoms with Gasteiger partial charge < -0.3 is 14.8 Å². The normalized spacial score (nSPS) is 28.0. The predicted octanol–water partition coefficient (Wildman–Crippen LogP) is -0.262. The van der Waals surface area contributed by atoms with Crippen LogP contribution in [0.25, 0.3) is 11.2 Å². The zero-order chi connectivity index (χ0) is 12.7. The number of hydrogen-bond acceptors (Lipinski definition) is 5. The Kier molecular flexibility index (Phi) is 2.60. The molecule has 2 aromatic heterocycles. The Hall–Kier alpha value is -1.80. The van der Waals surface area contributed by atoms with E-state index in [1.165, 1.54) is 17.2 Å². The van der Waals surface area contributed by atoms with Crippen LogP contribution < -0.4 is 5.56 Å². The van der Waals surface area contributed by atoms with Crippen LogP contribution in [-0.2, 0) is 4.74 Å². The first kappa shape index (κ1) is 11.3. The van der Waals surface area contributed by atoms with Crippen LogP contribution in [0.1, 0.15) is 12.6 Å². The molecule has 1 aliphatic rings. The standard InChI is InChI=1S/C10H11FN4O3/c11-5-1-7(18-6(5)2-16)15-4-14-8-9(15)12-3-13-10(8)17/h3-7,16H,1-2H2,(H,12,13,17)/t5-,6+,7-/m1/s1. The van der Waals surface area contributed by atoms with Gasteiger partial charge in [-0.05, 0) is 0 Å². The third-order valence-electron chi connectivity index (χ3n) is 3.02. The molecule has 1 fully saturated rings. The third-order valence-corrected chi connectivity index (χ3v) is 3.02. The lowest BCUT2D eigenvalue weighted by atomic mass is 10.2. The van der Waals surface area contributed by atoms with E-state index in [0.717, 1.165) is 0 Å². The van der Waals surface area contributed by atoms with Gasteiger partial charge in [0.2, 0.25) is 0 Å². The van der Waals surface area contributed by atoms with Gasteiger partial charge in [0, 0.05) is 6.42 Å². The van der Waals surface area contributed by atoms with Crippen LogP contribution in [0, 0.1) is 0 Å². The number of ether oxygens (including phenoxy) is 1. The number of hydrogen-bond donors (Lipinski definition) is 2. The van der Waals surface area contributed by atoms with Crippen molar-refractivity contribution in [2.45, 2.75) is 24.9 Å². The van der Waals surface area contributed by atoms with E-state index >= 15 is 0 Å². The minimum Gasteiger partial charge on any atom is -0.394 e.